The number of aryl methyl sites for hydroxylation is 1. The zero-order valence-corrected chi connectivity index (χ0v) is 17.0. The second-order valence-corrected chi connectivity index (χ2v) is 7.83. The van der Waals surface area contributed by atoms with Crippen molar-refractivity contribution in [2.24, 2.45) is 5.92 Å². The van der Waals surface area contributed by atoms with E-state index in [1.54, 1.807) is 0 Å². The molecule has 0 N–H and O–H groups in total. The monoisotopic (exact) mass is 348 g/mol. The van der Waals surface area contributed by atoms with Crippen molar-refractivity contribution < 1.29 is 9.13 Å². The van der Waals surface area contributed by atoms with Crippen LogP contribution in [0, 0.1) is 18.7 Å². The highest BCUT2D eigenvalue weighted by atomic mass is 19.1. The summed E-state index contributed by atoms with van der Waals surface area (Å²) in [6, 6.07) is 1.91. The van der Waals surface area contributed by atoms with Crippen LogP contribution in [0.5, 0.6) is 5.75 Å². The van der Waals surface area contributed by atoms with E-state index in [-0.39, 0.29) is 11.4 Å². The number of halogens is 1. The van der Waals surface area contributed by atoms with Crippen molar-refractivity contribution in [3.05, 3.63) is 28.6 Å². The molecule has 0 fully saturated rings. The van der Waals surface area contributed by atoms with Crippen LogP contribution in [0.15, 0.2) is 6.07 Å². The highest BCUT2D eigenvalue weighted by molar-refractivity contribution is 5.55. The molecule has 0 saturated carbocycles. The van der Waals surface area contributed by atoms with Crippen molar-refractivity contribution in [1.29, 1.82) is 0 Å². The molecule has 0 bridgehead atoms. The van der Waals surface area contributed by atoms with E-state index in [1.165, 1.54) is 44.1 Å². The molecule has 3 rings (SSSR count). The third kappa shape index (κ3) is 3.88. The van der Waals surface area contributed by atoms with Gasteiger partial charge in [-0.3, -0.25) is 0 Å². The summed E-state index contributed by atoms with van der Waals surface area (Å²) in [6.07, 6.45) is 11.5. The summed E-state index contributed by atoms with van der Waals surface area (Å²) in [5, 5.41) is 0. The third-order valence-corrected chi connectivity index (χ3v) is 5.88. The molecule has 1 unspecified atom stereocenters. The highest BCUT2D eigenvalue weighted by Gasteiger charge is 2.53. The molecule has 2 heteroatoms. The Morgan fingerprint density at radius 3 is 2.24 bits per heavy atom. The Bertz CT molecular complexity index is 558. The van der Waals surface area contributed by atoms with E-state index in [0.29, 0.717) is 5.92 Å². The molecule has 0 radical (unpaired) electrons. The fraction of sp³-hybridized carbons (Fsp3) is 0.739. The van der Waals surface area contributed by atoms with Crippen LogP contribution in [-0.2, 0) is 12.0 Å². The smallest absolute Gasteiger partial charge is 0.141 e. The number of unbranched alkanes of at least 4 members (excludes halogenated alkanes) is 1. The maximum absolute atomic E-state index is 14.6. The van der Waals surface area contributed by atoms with Crippen molar-refractivity contribution in [1.82, 2.24) is 0 Å². The van der Waals surface area contributed by atoms with Crippen molar-refractivity contribution in [2.45, 2.75) is 104 Å². The van der Waals surface area contributed by atoms with Crippen molar-refractivity contribution in [3.8, 4) is 5.75 Å². The Hall–Kier alpha value is -1.05. The van der Waals surface area contributed by atoms with Gasteiger partial charge in [-0.1, -0.05) is 53.4 Å². The third-order valence-electron chi connectivity index (χ3n) is 5.88. The molecule has 1 aliphatic carbocycles. The Morgan fingerprint density at radius 1 is 1.04 bits per heavy atom. The van der Waals surface area contributed by atoms with Gasteiger partial charge in [0.15, 0.2) is 0 Å². The van der Waals surface area contributed by atoms with E-state index in [1.807, 2.05) is 13.0 Å². The van der Waals surface area contributed by atoms with Gasteiger partial charge < -0.3 is 4.74 Å². The van der Waals surface area contributed by atoms with Crippen LogP contribution in [0.25, 0.3) is 0 Å². The maximum Gasteiger partial charge on any atom is 0.141 e. The van der Waals surface area contributed by atoms with Crippen molar-refractivity contribution >= 4 is 0 Å². The zero-order chi connectivity index (χ0) is 18.4. The molecule has 1 atom stereocenters. The lowest BCUT2D eigenvalue weighted by atomic mass is 9.69. The Morgan fingerprint density at radius 2 is 1.68 bits per heavy atom. The first kappa shape index (κ1) is 20.3. The number of hydrogen-bond donors (Lipinski definition) is 0. The van der Waals surface area contributed by atoms with E-state index in [9.17, 15) is 4.39 Å². The summed E-state index contributed by atoms with van der Waals surface area (Å²) >= 11 is 0. The van der Waals surface area contributed by atoms with E-state index in [2.05, 4.69) is 27.7 Å². The first-order valence-electron chi connectivity index (χ1n) is 10.6. The number of hydrogen-bond acceptors (Lipinski definition) is 1. The molecule has 2 aliphatic rings. The topological polar surface area (TPSA) is 9.23 Å². The van der Waals surface area contributed by atoms with Crippen molar-refractivity contribution in [2.75, 3.05) is 0 Å². The minimum atomic E-state index is -0.179. The van der Waals surface area contributed by atoms with Gasteiger partial charge in [-0.15, -0.1) is 0 Å². The fourth-order valence-electron chi connectivity index (χ4n) is 4.47. The number of rotatable bonds is 6. The average Bonchev–Trinajstić information content (AvgIpc) is 2.76. The lowest BCUT2D eigenvalue weighted by Crippen LogP contribution is -2.48. The Balaban J connectivity index is 0.000000511. The first-order chi connectivity index (χ1) is 12.1. The second-order valence-electron chi connectivity index (χ2n) is 7.83. The SMILES string of the molecule is CCCC.CCCC(CCC)C12CCCCc3c(F)c(C)cc(c31)O2. The number of ether oxygens (including phenoxy) is 1. The normalized spacial score (nSPS) is 20.8. The predicted octanol–water partition coefficient (Wildman–Crippen LogP) is 7.47. The molecule has 142 valence electrons. The largest absolute Gasteiger partial charge is 0.482 e. The van der Waals surface area contributed by atoms with Crippen LogP contribution >= 0.6 is 0 Å². The highest BCUT2D eigenvalue weighted by Crippen LogP contribution is 2.57. The molecule has 1 aromatic rings. The molecule has 1 aliphatic heterocycles. The fourth-order valence-corrected chi connectivity index (χ4v) is 4.47. The summed E-state index contributed by atoms with van der Waals surface area (Å²) in [5.74, 6) is 1.53. The molecular weight excluding hydrogens is 311 g/mol. The molecule has 0 saturated heterocycles. The minimum Gasteiger partial charge on any atom is -0.482 e. The van der Waals surface area contributed by atoms with Crippen molar-refractivity contribution in [3.63, 3.8) is 0 Å². The summed E-state index contributed by atoms with van der Waals surface area (Å²) in [6.45, 7) is 10.7. The molecule has 25 heavy (non-hydrogen) atoms. The van der Waals surface area contributed by atoms with Crippen LogP contribution < -0.4 is 4.74 Å². The summed E-state index contributed by atoms with van der Waals surface area (Å²) in [5.41, 5.74) is 2.75. The van der Waals surface area contributed by atoms with Gasteiger partial charge in [0.2, 0.25) is 0 Å². The summed E-state index contributed by atoms with van der Waals surface area (Å²) in [7, 11) is 0. The molecule has 0 spiro atoms. The maximum atomic E-state index is 14.6. The lowest BCUT2D eigenvalue weighted by molar-refractivity contribution is -0.0583. The minimum absolute atomic E-state index is 0.0232. The van der Waals surface area contributed by atoms with Gasteiger partial charge in [-0.25, -0.2) is 4.39 Å². The zero-order valence-electron chi connectivity index (χ0n) is 17.0. The van der Waals surface area contributed by atoms with E-state index >= 15 is 0 Å². The standard InChI is InChI=1S/C19H27FO.C4H10/c1-4-8-14(9-5-2)19-11-7-6-10-15-17(19)16(21-19)12-13(3)18(15)20;1-3-4-2/h12,14H,4-11H2,1-3H3;3-4H2,1-2H3. The van der Waals surface area contributed by atoms with Crippen LogP contribution in [0.3, 0.4) is 0 Å². The van der Waals surface area contributed by atoms with Gasteiger partial charge in [0.25, 0.3) is 0 Å². The van der Waals surface area contributed by atoms with Gasteiger partial charge in [-0.2, -0.15) is 0 Å². The molecule has 1 nitrogen and oxygen atoms in total. The quantitative estimate of drug-likeness (QED) is 0.518. The van der Waals surface area contributed by atoms with Crippen LogP contribution in [0.4, 0.5) is 4.39 Å². The van der Waals surface area contributed by atoms with Gasteiger partial charge in [0.1, 0.15) is 17.2 Å². The second kappa shape index (κ2) is 9.05. The van der Waals surface area contributed by atoms with E-state index in [4.69, 9.17) is 4.74 Å². The molecular formula is C23H37FO. The molecule has 1 aromatic carbocycles. The van der Waals surface area contributed by atoms with E-state index < -0.39 is 0 Å². The summed E-state index contributed by atoms with van der Waals surface area (Å²) in [4.78, 5) is 0. The predicted molar refractivity (Wildman–Crippen MR) is 105 cm³/mol. The lowest BCUT2D eigenvalue weighted by Gasteiger charge is -2.50. The van der Waals surface area contributed by atoms with E-state index in [0.717, 1.165) is 42.6 Å². The van der Waals surface area contributed by atoms with Crippen LogP contribution in [0.2, 0.25) is 0 Å². The van der Waals surface area contributed by atoms with Gasteiger partial charge in [0.05, 0.1) is 0 Å². The molecule has 1 heterocycles. The first-order valence-corrected chi connectivity index (χ1v) is 10.6. The molecule has 0 aromatic heterocycles. The van der Waals surface area contributed by atoms with Crippen LogP contribution in [0.1, 0.15) is 102 Å². The summed E-state index contributed by atoms with van der Waals surface area (Å²) < 4.78 is 21.0. The Kier molecular flexibility index (Phi) is 7.34. The number of benzene rings is 1. The van der Waals surface area contributed by atoms with Gasteiger partial charge >= 0.3 is 0 Å². The van der Waals surface area contributed by atoms with Crippen LogP contribution in [-0.4, -0.2) is 0 Å². The average molecular weight is 349 g/mol. The Labute approximate surface area is 154 Å². The van der Waals surface area contributed by atoms with Gasteiger partial charge in [0, 0.05) is 11.5 Å². The van der Waals surface area contributed by atoms with Gasteiger partial charge in [-0.05, 0) is 62.6 Å². The molecule has 0 amide bonds.